The average molecular weight is 558 g/mol. The van der Waals surface area contributed by atoms with Crippen LogP contribution in [0.2, 0.25) is 5.02 Å². The van der Waals surface area contributed by atoms with E-state index in [1.165, 1.54) is 6.07 Å². The highest BCUT2D eigenvalue weighted by molar-refractivity contribution is 6.34. The first-order valence-electron chi connectivity index (χ1n) is 12.2. The third kappa shape index (κ3) is 5.67. The van der Waals surface area contributed by atoms with Gasteiger partial charge in [0.15, 0.2) is 5.82 Å². The maximum atomic E-state index is 15.2. The highest BCUT2D eigenvalue weighted by atomic mass is 35.5. The number of fused-ring (bicyclic) bond motifs is 1. The number of anilines is 3. The summed E-state index contributed by atoms with van der Waals surface area (Å²) in [6.45, 7) is 5.46. The molecule has 12 heteroatoms. The lowest BCUT2D eigenvalue weighted by Crippen LogP contribution is -2.39. The van der Waals surface area contributed by atoms with E-state index in [-0.39, 0.29) is 49.9 Å². The monoisotopic (exact) mass is 557 g/mol. The van der Waals surface area contributed by atoms with Gasteiger partial charge in [-0.25, -0.2) is 13.8 Å². The van der Waals surface area contributed by atoms with Crippen LogP contribution in [0.3, 0.4) is 0 Å². The molecule has 0 bridgehead atoms. The Morgan fingerprint density at radius 3 is 2.39 bits per heavy atom. The zero-order valence-electron chi connectivity index (χ0n) is 21.4. The normalized spacial score (nSPS) is 15.3. The Morgan fingerprint density at radius 2 is 1.79 bits per heavy atom. The van der Waals surface area contributed by atoms with Crippen molar-refractivity contribution < 1.29 is 26.7 Å². The predicted molar refractivity (Wildman–Crippen MR) is 138 cm³/mol. The molecule has 0 saturated carbocycles. The maximum absolute atomic E-state index is 15.2. The third-order valence-electron chi connectivity index (χ3n) is 6.78. The molecular weight excluding hydrogens is 529 g/mol. The lowest BCUT2D eigenvalue weighted by Gasteiger charge is -2.34. The van der Waals surface area contributed by atoms with E-state index in [0.29, 0.717) is 21.7 Å². The van der Waals surface area contributed by atoms with E-state index >= 15 is 4.39 Å². The van der Waals surface area contributed by atoms with Gasteiger partial charge in [-0.3, -0.25) is 4.79 Å². The highest BCUT2D eigenvalue weighted by Gasteiger charge is 2.41. The van der Waals surface area contributed by atoms with E-state index in [9.17, 15) is 22.4 Å². The van der Waals surface area contributed by atoms with Crippen LogP contribution in [0.1, 0.15) is 39.2 Å². The van der Waals surface area contributed by atoms with Gasteiger partial charge < -0.3 is 20.1 Å². The summed E-state index contributed by atoms with van der Waals surface area (Å²) in [7, 11) is 1.65. The average Bonchev–Trinajstić information content (AvgIpc) is 3.13. The summed E-state index contributed by atoms with van der Waals surface area (Å²) < 4.78 is 70.7. The van der Waals surface area contributed by atoms with Gasteiger partial charge in [-0.1, -0.05) is 38.4 Å². The minimum Gasteiger partial charge on any atom is -0.370 e. The zero-order chi connectivity index (χ0) is 28.0. The summed E-state index contributed by atoms with van der Waals surface area (Å²) in [4.78, 5) is 18.4. The quantitative estimate of drug-likeness (QED) is 0.343. The molecule has 1 aliphatic heterocycles. The molecule has 1 fully saturated rings. The molecule has 0 spiro atoms. The highest BCUT2D eigenvalue weighted by Crippen LogP contribution is 2.39. The number of alkyl halides is 3. The van der Waals surface area contributed by atoms with Gasteiger partial charge in [-0.05, 0) is 31.0 Å². The van der Waals surface area contributed by atoms with Crippen LogP contribution >= 0.6 is 11.6 Å². The number of imidazole rings is 1. The van der Waals surface area contributed by atoms with Crippen molar-refractivity contribution in [1.29, 1.82) is 0 Å². The van der Waals surface area contributed by atoms with Crippen LogP contribution in [0.15, 0.2) is 24.3 Å². The molecule has 0 aliphatic carbocycles. The van der Waals surface area contributed by atoms with Crippen LogP contribution < -0.4 is 15.5 Å². The number of carbonyl (C=O) groups excluding carboxylic acids is 1. The van der Waals surface area contributed by atoms with E-state index in [1.807, 2.05) is 0 Å². The van der Waals surface area contributed by atoms with Gasteiger partial charge in [-0.2, -0.15) is 13.2 Å². The number of hydrogen-bond acceptors (Lipinski definition) is 4. The Labute approximate surface area is 222 Å². The number of aromatic nitrogens is 2. The topological polar surface area (TPSA) is 62.2 Å². The lowest BCUT2D eigenvalue weighted by atomic mass is 9.95. The Balaban J connectivity index is 1.58. The van der Waals surface area contributed by atoms with Crippen LogP contribution in [-0.4, -0.2) is 34.7 Å². The largest absolute Gasteiger partial charge is 0.391 e. The Hall–Kier alpha value is -3.08. The van der Waals surface area contributed by atoms with Crippen molar-refractivity contribution in [2.45, 2.75) is 46.3 Å². The summed E-state index contributed by atoms with van der Waals surface area (Å²) >= 11 is 6.46. The molecule has 206 valence electrons. The number of rotatable bonds is 5. The van der Waals surface area contributed by atoms with Crippen molar-refractivity contribution in [2.75, 3.05) is 23.3 Å². The molecule has 3 aromatic rings. The molecule has 2 heterocycles. The summed E-state index contributed by atoms with van der Waals surface area (Å²) in [5.41, 5.74) is 0.606. The van der Waals surface area contributed by atoms with Crippen LogP contribution in [0.4, 0.5) is 39.3 Å². The zero-order valence-corrected chi connectivity index (χ0v) is 22.2. The van der Waals surface area contributed by atoms with Crippen LogP contribution in [0, 0.1) is 23.0 Å². The second kappa shape index (κ2) is 10.2. The number of nitrogens with one attached hydrogen (secondary N) is 2. The van der Waals surface area contributed by atoms with Gasteiger partial charge in [0.2, 0.25) is 11.9 Å². The number of carbonyl (C=O) groups is 1. The number of aryl methyl sites for hydroxylation is 1. The number of halogens is 6. The standard InChI is InChI=1S/C26H29ClF5N5O/c1-25(2,3)23(38)33-13-14-5-6-17(28)22(21(14)29)35-24-34-18-11-16(27)19(12-20(18)36(24)4)37-9-7-15(8-10-37)26(30,31)32/h5-6,11-12,15H,7-10,13H2,1-4H3,(H,33,38)(H,34,35). The second-order valence-corrected chi connectivity index (χ2v) is 11.0. The van der Waals surface area contributed by atoms with E-state index in [0.717, 1.165) is 6.07 Å². The number of nitrogens with zero attached hydrogens (tertiary/aromatic N) is 3. The molecule has 0 radical (unpaired) electrons. The Morgan fingerprint density at radius 1 is 1.13 bits per heavy atom. The second-order valence-electron chi connectivity index (χ2n) is 10.5. The van der Waals surface area contributed by atoms with Gasteiger partial charge >= 0.3 is 6.18 Å². The van der Waals surface area contributed by atoms with Crippen LogP contribution in [0.5, 0.6) is 0 Å². The number of piperidine rings is 1. The molecule has 2 N–H and O–H groups in total. The number of amides is 1. The van der Waals surface area contributed by atoms with Crippen molar-refractivity contribution in [3.8, 4) is 0 Å². The molecule has 2 aromatic carbocycles. The first-order chi connectivity index (χ1) is 17.7. The predicted octanol–water partition coefficient (Wildman–Crippen LogP) is 6.69. The lowest BCUT2D eigenvalue weighted by molar-refractivity contribution is -0.179. The Kier molecular flexibility index (Phi) is 7.53. The van der Waals surface area contributed by atoms with Crippen LogP contribution in [0.25, 0.3) is 11.0 Å². The van der Waals surface area contributed by atoms with Gasteiger partial charge in [-0.15, -0.1) is 0 Å². The Bertz CT molecular complexity index is 1360. The van der Waals surface area contributed by atoms with Gasteiger partial charge in [0.05, 0.1) is 27.7 Å². The minimum atomic E-state index is -4.22. The maximum Gasteiger partial charge on any atom is 0.391 e. The number of benzene rings is 2. The van der Waals surface area contributed by atoms with Crippen molar-refractivity contribution in [1.82, 2.24) is 14.9 Å². The minimum absolute atomic E-state index is 0.0266. The van der Waals surface area contributed by atoms with Crippen molar-refractivity contribution in [3.05, 3.63) is 46.5 Å². The summed E-state index contributed by atoms with van der Waals surface area (Å²) in [6, 6.07) is 5.67. The molecule has 6 nitrogen and oxygen atoms in total. The number of hydrogen-bond donors (Lipinski definition) is 2. The van der Waals surface area contributed by atoms with E-state index in [4.69, 9.17) is 11.6 Å². The van der Waals surface area contributed by atoms with Crippen molar-refractivity contribution >= 4 is 45.9 Å². The summed E-state index contributed by atoms with van der Waals surface area (Å²) in [6.07, 6.45) is -4.27. The fourth-order valence-electron chi connectivity index (χ4n) is 4.40. The van der Waals surface area contributed by atoms with E-state index < -0.39 is 34.8 Å². The summed E-state index contributed by atoms with van der Waals surface area (Å²) in [5, 5.41) is 5.67. The smallest absolute Gasteiger partial charge is 0.370 e. The van der Waals surface area contributed by atoms with Gasteiger partial charge in [0, 0.05) is 37.7 Å². The van der Waals surface area contributed by atoms with Gasteiger partial charge in [0.25, 0.3) is 0 Å². The first-order valence-corrected chi connectivity index (χ1v) is 12.5. The molecule has 1 aliphatic rings. The van der Waals surface area contributed by atoms with E-state index in [1.54, 1.807) is 49.4 Å². The molecule has 1 saturated heterocycles. The van der Waals surface area contributed by atoms with Crippen molar-refractivity contribution in [3.63, 3.8) is 0 Å². The fraction of sp³-hybridized carbons (Fsp3) is 0.462. The SMILES string of the molecule is Cn1c(Nc2c(F)ccc(CNC(=O)C(C)(C)C)c2F)nc2cc(Cl)c(N3CCC(C(F)(F)F)CC3)cc21. The fourth-order valence-corrected chi connectivity index (χ4v) is 4.68. The molecule has 4 rings (SSSR count). The van der Waals surface area contributed by atoms with E-state index in [2.05, 4.69) is 15.6 Å². The summed E-state index contributed by atoms with van der Waals surface area (Å²) in [5.74, 6) is -3.18. The third-order valence-corrected chi connectivity index (χ3v) is 7.08. The van der Waals surface area contributed by atoms with Crippen molar-refractivity contribution in [2.24, 2.45) is 18.4 Å². The molecular formula is C26H29ClF5N5O. The molecule has 0 unspecified atom stereocenters. The first kappa shape index (κ1) is 27.9. The van der Waals surface area contributed by atoms with Gasteiger partial charge in [0.1, 0.15) is 11.5 Å². The molecule has 38 heavy (non-hydrogen) atoms. The molecule has 1 aromatic heterocycles. The molecule has 0 atom stereocenters. The van der Waals surface area contributed by atoms with Crippen LogP contribution in [-0.2, 0) is 18.4 Å². The molecule has 1 amide bonds.